The zero-order chi connectivity index (χ0) is 17.6. The monoisotopic (exact) mass is 354 g/mol. The summed E-state index contributed by atoms with van der Waals surface area (Å²) >= 11 is 5.99. The van der Waals surface area contributed by atoms with Gasteiger partial charge in [-0.3, -0.25) is 4.79 Å². The molecule has 0 fully saturated rings. The van der Waals surface area contributed by atoms with Gasteiger partial charge >= 0.3 is 0 Å². The first-order valence-electron chi connectivity index (χ1n) is 7.45. The largest absolute Gasteiger partial charge is 0.496 e. The summed E-state index contributed by atoms with van der Waals surface area (Å²) in [6.07, 6.45) is 8.09. The van der Waals surface area contributed by atoms with Crippen molar-refractivity contribution in [1.82, 2.24) is 14.8 Å². The van der Waals surface area contributed by atoms with E-state index in [2.05, 4.69) is 15.4 Å². The Morgan fingerprint density at radius 1 is 1.28 bits per heavy atom. The number of hydrogen-bond acceptors (Lipinski definition) is 4. The van der Waals surface area contributed by atoms with Crippen LogP contribution in [0.3, 0.4) is 0 Å². The summed E-state index contributed by atoms with van der Waals surface area (Å²) in [5.74, 6) is 0.866. The summed E-state index contributed by atoms with van der Waals surface area (Å²) in [6.45, 7) is 0. The van der Waals surface area contributed by atoms with Crippen molar-refractivity contribution < 1.29 is 9.53 Å². The lowest BCUT2D eigenvalue weighted by Gasteiger charge is -2.08. The van der Waals surface area contributed by atoms with E-state index in [1.807, 2.05) is 0 Å². The minimum absolute atomic E-state index is 0.302. The molecule has 0 spiro atoms. The Labute approximate surface area is 149 Å². The maximum Gasteiger partial charge on any atom is 0.248 e. The van der Waals surface area contributed by atoms with Crippen molar-refractivity contribution in [2.45, 2.75) is 0 Å². The maximum absolute atomic E-state index is 12.3. The van der Waals surface area contributed by atoms with E-state index >= 15 is 0 Å². The van der Waals surface area contributed by atoms with Crippen LogP contribution in [-0.4, -0.2) is 27.8 Å². The van der Waals surface area contributed by atoms with Crippen LogP contribution in [0.5, 0.6) is 5.75 Å². The van der Waals surface area contributed by atoms with Crippen molar-refractivity contribution in [1.29, 1.82) is 0 Å². The van der Waals surface area contributed by atoms with E-state index in [4.69, 9.17) is 16.3 Å². The van der Waals surface area contributed by atoms with Crippen LogP contribution in [0.2, 0.25) is 5.02 Å². The van der Waals surface area contributed by atoms with Gasteiger partial charge < -0.3 is 10.1 Å². The molecule has 3 rings (SSSR count). The predicted molar refractivity (Wildman–Crippen MR) is 97.0 cm³/mol. The van der Waals surface area contributed by atoms with Gasteiger partial charge in [0.05, 0.1) is 12.8 Å². The number of carbonyl (C=O) groups is 1. The third-order valence-electron chi connectivity index (χ3n) is 3.37. The number of benzene rings is 1. The number of hydrogen-bond donors (Lipinski definition) is 1. The van der Waals surface area contributed by atoms with Crippen LogP contribution in [0.25, 0.3) is 11.9 Å². The molecule has 7 heteroatoms. The lowest BCUT2D eigenvalue weighted by atomic mass is 10.2. The molecule has 0 saturated heterocycles. The van der Waals surface area contributed by atoms with Gasteiger partial charge in [-0.25, -0.2) is 9.67 Å². The van der Waals surface area contributed by atoms with E-state index in [9.17, 15) is 4.79 Å². The zero-order valence-electron chi connectivity index (χ0n) is 13.4. The Morgan fingerprint density at radius 2 is 2.16 bits per heavy atom. The van der Waals surface area contributed by atoms with Gasteiger partial charge in [-0.2, -0.15) is 5.10 Å². The SMILES string of the molecule is COc1ccc(Cl)cc1/C=C/C(=O)Nc1cccnc1-n1cccn1. The number of methoxy groups -OCH3 is 1. The summed E-state index contributed by atoms with van der Waals surface area (Å²) in [4.78, 5) is 16.5. The standard InChI is InChI=1S/C18H15ClN4O2/c1-25-16-7-6-14(19)12-13(16)5-8-17(24)22-15-4-2-9-20-18(15)23-11-3-10-21-23/h2-12H,1H3,(H,22,24)/b8-5+. The topological polar surface area (TPSA) is 69.0 Å². The molecule has 6 nitrogen and oxygen atoms in total. The summed E-state index contributed by atoms with van der Waals surface area (Å²) in [6, 6.07) is 10.5. The van der Waals surface area contributed by atoms with E-state index in [0.29, 0.717) is 27.8 Å². The second-order valence-electron chi connectivity index (χ2n) is 5.03. The highest BCUT2D eigenvalue weighted by atomic mass is 35.5. The van der Waals surface area contributed by atoms with Crippen molar-refractivity contribution in [3.05, 3.63) is 71.7 Å². The first kappa shape index (κ1) is 16.7. The Kier molecular flexibility index (Phi) is 5.11. The van der Waals surface area contributed by atoms with Crippen LogP contribution >= 0.6 is 11.6 Å². The van der Waals surface area contributed by atoms with Gasteiger partial charge in [0.2, 0.25) is 5.91 Å². The number of nitrogens with zero attached hydrogens (tertiary/aromatic N) is 3. The molecule has 2 aromatic heterocycles. The van der Waals surface area contributed by atoms with E-state index < -0.39 is 0 Å². The number of nitrogens with one attached hydrogen (secondary N) is 1. The number of pyridine rings is 1. The number of ether oxygens (including phenoxy) is 1. The lowest BCUT2D eigenvalue weighted by Crippen LogP contribution is -2.12. The lowest BCUT2D eigenvalue weighted by molar-refractivity contribution is -0.111. The van der Waals surface area contributed by atoms with Crippen LogP contribution in [0, 0.1) is 0 Å². The Morgan fingerprint density at radius 3 is 2.92 bits per heavy atom. The van der Waals surface area contributed by atoms with Gasteiger partial charge in [-0.05, 0) is 42.5 Å². The number of carbonyl (C=O) groups excluding carboxylic acids is 1. The molecule has 1 N–H and O–H groups in total. The summed E-state index contributed by atoms with van der Waals surface area (Å²) in [7, 11) is 1.56. The highest BCUT2D eigenvalue weighted by Crippen LogP contribution is 2.24. The van der Waals surface area contributed by atoms with Gasteiger partial charge in [-0.1, -0.05) is 11.6 Å². The molecule has 0 saturated carbocycles. The summed E-state index contributed by atoms with van der Waals surface area (Å²) in [5.41, 5.74) is 1.27. The molecule has 1 amide bonds. The third-order valence-corrected chi connectivity index (χ3v) is 3.61. The highest BCUT2D eigenvalue weighted by molar-refractivity contribution is 6.30. The van der Waals surface area contributed by atoms with E-state index in [1.54, 1.807) is 72.9 Å². The third kappa shape index (κ3) is 4.05. The molecule has 0 radical (unpaired) electrons. The molecule has 1 aromatic carbocycles. The second kappa shape index (κ2) is 7.63. The molecule has 25 heavy (non-hydrogen) atoms. The fraction of sp³-hybridized carbons (Fsp3) is 0.0556. The van der Waals surface area contributed by atoms with Crippen LogP contribution in [-0.2, 0) is 4.79 Å². The van der Waals surface area contributed by atoms with Crippen LogP contribution in [0.4, 0.5) is 5.69 Å². The van der Waals surface area contributed by atoms with Crippen molar-refractivity contribution in [2.75, 3.05) is 12.4 Å². The van der Waals surface area contributed by atoms with Gasteiger partial charge in [0.15, 0.2) is 5.82 Å². The average Bonchev–Trinajstić information content (AvgIpc) is 3.15. The second-order valence-corrected chi connectivity index (χ2v) is 5.47. The summed E-state index contributed by atoms with van der Waals surface area (Å²) < 4.78 is 6.84. The molecular formula is C18H15ClN4O2. The molecule has 0 aliphatic rings. The van der Waals surface area contributed by atoms with E-state index in [-0.39, 0.29) is 5.91 Å². The fourth-order valence-electron chi connectivity index (χ4n) is 2.25. The van der Waals surface area contributed by atoms with Crippen molar-refractivity contribution in [3.8, 4) is 11.6 Å². The maximum atomic E-state index is 12.3. The molecule has 0 unspecified atom stereocenters. The van der Waals surface area contributed by atoms with E-state index in [1.165, 1.54) is 6.08 Å². The van der Waals surface area contributed by atoms with Crippen LogP contribution in [0.15, 0.2) is 61.1 Å². The zero-order valence-corrected chi connectivity index (χ0v) is 14.1. The molecule has 3 aromatic rings. The molecule has 2 heterocycles. The first-order chi connectivity index (χ1) is 12.2. The molecule has 0 aliphatic carbocycles. The Balaban J connectivity index is 1.79. The minimum atomic E-state index is -0.302. The number of anilines is 1. The highest BCUT2D eigenvalue weighted by Gasteiger charge is 2.08. The Bertz CT molecular complexity index is 907. The minimum Gasteiger partial charge on any atom is -0.496 e. The van der Waals surface area contributed by atoms with Gasteiger partial charge in [0.25, 0.3) is 0 Å². The molecule has 126 valence electrons. The Hall–Kier alpha value is -3.12. The van der Waals surface area contributed by atoms with Gasteiger partial charge in [0.1, 0.15) is 5.75 Å². The number of amides is 1. The van der Waals surface area contributed by atoms with Crippen LogP contribution < -0.4 is 10.1 Å². The van der Waals surface area contributed by atoms with Gasteiger partial charge in [0, 0.05) is 35.3 Å². The van der Waals surface area contributed by atoms with Crippen LogP contribution in [0.1, 0.15) is 5.56 Å². The summed E-state index contributed by atoms with van der Waals surface area (Å²) in [5, 5.41) is 7.50. The smallest absolute Gasteiger partial charge is 0.248 e. The normalized spacial score (nSPS) is 10.8. The fourth-order valence-corrected chi connectivity index (χ4v) is 2.43. The van der Waals surface area contributed by atoms with Gasteiger partial charge in [-0.15, -0.1) is 0 Å². The molecule has 0 aliphatic heterocycles. The molecule has 0 atom stereocenters. The van der Waals surface area contributed by atoms with Crippen molar-refractivity contribution >= 4 is 29.3 Å². The number of rotatable bonds is 5. The number of halogens is 1. The quantitative estimate of drug-likeness (QED) is 0.711. The van der Waals surface area contributed by atoms with Crippen molar-refractivity contribution in [2.24, 2.45) is 0 Å². The average molecular weight is 355 g/mol. The molecular weight excluding hydrogens is 340 g/mol. The first-order valence-corrected chi connectivity index (χ1v) is 7.83. The molecule has 0 bridgehead atoms. The number of aromatic nitrogens is 3. The predicted octanol–water partition coefficient (Wildman–Crippen LogP) is 3.58. The van der Waals surface area contributed by atoms with Crippen molar-refractivity contribution in [3.63, 3.8) is 0 Å². The van der Waals surface area contributed by atoms with E-state index in [0.717, 1.165) is 0 Å².